The third kappa shape index (κ3) is 4.06. The molecule has 0 saturated heterocycles. The fraction of sp³-hybridized carbons (Fsp3) is 0.190. The van der Waals surface area contributed by atoms with E-state index in [0.29, 0.717) is 12.2 Å². The molecule has 0 aliphatic rings. The third-order valence-corrected chi connectivity index (χ3v) is 4.24. The number of benzene rings is 2. The van der Waals surface area contributed by atoms with E-state index in [0.717, 1.165) is 17.0 Å². The molecule has 0 aliphatic carbocycles. The number of ether oxygens (including phenoxy) is 1. The van der Waals surface area contributed by atoms with Crippen molar-refractivity contribution in [3.05, 3.63) is 87.8 Å². The van der Waals surface area contributed by atoms with Crippen LogP contribution in [0.2, 0.25) is 0 Å². The second-order valence-corrected chi connectivity index (χ2v) is 6.26. The molecule has 0 saturated carbocycles. The molecule has 27 heavy (non-hydrogen) atoms. The summed E-state index contributed by atoms with van der Waals surface area (Å²) in [5.41, 5.74) is 1.91. The van der Waals surface area contributed by atoms with E-state index in [1.807, 2.05) is 54.6 Å². The monoisotopic (exact) mass is 363 g/mol. The predicted molar refractivity (Wildman–Crippen MR) is 103 cm³/mol. The van der Waals surface area contributed by atoms with Crippen molar-refractivity contribution in [3.8, 4) is 11.4 Å². The average Bonchev–Trinajstić information content (AvgIpc) is 2.69. The molecule has 0 aliphatic heterocycles. The number of carbonyl (C=O) groups is 1. The summed E-state index contributed by atoms with van der Waals surface area (Å²) >= 11 is 0. The zero-order valence-corrected chi connectivity index (χ0v) is 15.5. The fourth-order valence-electron chi connectivity index (χ4n) is 2.78. The van der Waals surface area contributed by atoms with Gasteiger partial charge in [0.05, 0.1) is 12.8 Å². The Morgan fingerprint density at radius 3 is 2.41 bits per heavy atom. The van der Waals surface area contributed by atoms with Gasteiger partial charge in [-0.2, -0.15) is 5.10 Å². The van der Waals surface area contributed by atoms with Gasteiger partial charge in [-0.05, 0) is 36.8 Å². The van der Waals surface area contributed by atoms with Crippen LogP contribution in [0, 0.1) is 6.92 Å². The molecule has 1 heterocycles. The van der Waals surface area contributed by atoms with Gasteiger partial charge in [0.25, 0.3) is 5.91 Å². The summed E-state index contributed by atoms with van der Waals surface area (Å²) in [5, 5.41) is 4.33. The summed E-state index contributed by atoms with van der Waals surface area (Å²) in [6.07, 6.45) is 0. The highest BCUT2D eigenvalue weighted by Crippen LogP contribution is 2.13. The quantitative estimate of drug-likeness (QED) is 0.699. The molecule has 0 N–H and O–H groups in total. The van der Waals surface area contributed by atoms with Gasteiger partial charge in [0.2, 0.25) is 5.43 Å². The average molecular weight is 363 g/mol. The number of amides is 1. The van der Waals surface area contributed by atoms with E-state index >= 15 is 0 Å². The number of hydrogen-bond donors (Lipinski definition) is 0. The van der Waals surface area contributed by atoms with Gasteiger partial charge < -0.3 is 9.64 Å². The van der Waals surface area contributed by atoms with Crippen molar-refractivity contribution in [1.82, 2.24) is 14.7 Å². The maximum atomic E-state index is 12.8. The van der Waals surface area contributed by atoms with Gasteiger partial charge in [-0.15, -0.1) is 0 Å². The van der Waals surface area contributed by atoms with Crippen molar-refractivity contribution in [2.45, 2.75) is 13.5 Å². The van der Waals surface area contributed by atoms with Crippen LogP contribution in [0.3, 0.4) is 0 Å². The Hall–Kier alpha value is -3.41. The molecule has 3 aromatic rings. The molecule has 0 fully saturated rings. The van der Waals surface area contributed by atoms with E-state index in [4.69, 9.17) is 4.74 Å². The molecule has 6 heteroatoms. The minimum Gasteiger partial charge on any atom is -0.497 e. The van der Waals surface area contributed by atoms with E-state index in [9.17, 15) is 9.59 Å². The van der Waals surface area contributed by atoms with Crippen molar-refractivity contribution >= 4 is 5.91 Å². The molecular formula is C21H21N3O3. The first-order valence-corrected chi connectivity index (χ1v) is 8.54. The van der Waals surface area contributed by atoms with Crippen LogP contribution < -0.4 is 10.2 Å². The number of aryl methyl sites for hydroxylation is 1. The predicted octanol–water partition coefficient (Wildman–Crippen LogP) is 2.82. The van der Waals surface area contributed by atoms with E-state index in [1.54, 1.807) is 25.8 Å². The summed E-state index contributed by atoms with van der Waals surface area (Å²) in [5.74, 6) is 0.333. The number of rotatable bonds is 5. The molecular weight excluding hydrogens is 342 g/mol. The normalized spacial score (nSPS) is 10.5. The summed E-state index contributed by atoms with van der Waals surface area (Å²) < 4.78 is 6.75. The van der Waals surface area contributed by atoms with Crippen LogP contribution in [0.1, 0.15) is 21.7 Å². The van der Waals surface area contributed by atoms with Crippen LogP contribution >= 0.6 is 0 Å². The highest BCUT2D eigenvalue weighted by atomic mass is 16.5. The topological polar surface area (TPSA) is 64.4 Å². The third-order valence-electron chi connectivity index (χ3n) is 4.24. The van der Waals surface area contributed by atoms with E-state index < -0.39 is 5.91 Å². The molecule has 6 nitrogen and oxygen atoms in total. The molecule has 0 spiro atoms. The molecule has 3 rings (SSSR count). The number of aromatic nitrogens is 2. The van der Waals surface area contributed by atoms with Crippen molar-refractivity contribution in [2.75, 3.05) is 14.2 Å². The molecule has 138 valence electrons. The number of carbonyl (C=O) groups excluding carboxylic acids is 1. The highest BCUT2D eigenvalue weighted by molar-refractivity contribution is 5.91. The molecule has 1 aromatic heterocycles. The van der Waals surface area contributed by atoms with Gasteiger partial charge >= 0.3 is 0 Å². The lowest BCUT2D eigenvalue weighted by atomic mass is 10.2. The van der Waals surface area contributed by atoms with Crippen LogP contribution in [-0.2, 0) is 6.54 Å². The molecule has 0 bridgehead atoms. The molecule has 0 radical (unpaired) electrons. The number of nitrogens with zero attached hydrogens (tertiary/aromatic N) is 3. The lowest BCUT2D eigenvalue weighted by molar-refractivity contribution is 0.0776. The lowest BCUT2D eigenvalue weighted by Crippen LogP contribution is -2.33. The largest absolute Gasteiger partial charge is 0.497 e. The first kappa shape index (κ1) is 18.4. The Morgan fingerprint density at radius 1 is 1.11 bits per heavy atom. The number of hydrogen-bond acceptors (Lipinski definition) is 4. The minimum atomic E-state index is -0.416. The Morgan fingerprint density at radius 2 is 1.78 bits per heavy atom. The zero-order valence-electron chi connectivity index (χ0n) is 15.5. The fourth-order valence-corrected chi connectivity index (χ4v) is 2.78. The van der Waals surface area contributed by atoms with Crippen molar-refractivity contribution < 1.29 is 9.53 Å². The van der Waals surface area contributed by atoms with Crippen LogP contribution in [0.25, 0.3) is 5.69 Å². The van der Waals surface area contributed by atoms with Crippen molar-refractivity contribution in [3.63, 3.8) is 0 Å². The molecule has 2 aromatic carbocycles. The second-order valence-electron chi connectivity index (χ2n) is 6.26. The van der Waals surface area contributed by atoms with Gasteiger partial charge in [0, 0.05) is 25.4 Å². The van der Waals surface area contributed by atoms with Gasteiger partial charge in [-0.25, -0.2) is 4.68 Å². The maximum Gasteiger partial charge on any atom is 0.278 e. The zero-order chi connectivity index (χ0) is 19.4. The van der Waals surface area contributed by atoms with E-state index in [2.05, 4.69) is 5.10 Å². The van der Waals surface area contributed by atoms with Gasteiger partial charge in [-0.1, -0.05) is 30.3 Å². The van der Waals surface area contributed by atoms with E-state index in [-0.39, 0.29) is 11.1 Å². The lowest BCUT2D eigenvalue weighted by Gasteiger charge is -2.18. The van der Waals surface area contributed by atoms with Gasteiger partial charge in [0.15, 0.2) is 5.69 Å². The van der Waals surface area contributed by atoms with E-state index in [1.165, 1.54) is 11.0 Å². The Bertz CT molecular complexity index is 995. The summed E-state index contributed by atoms with van der Waals surface area (Å²) in [4.78, 5) is 26.7. The Kier molecular flexibility index (Phi) is 5.35. The first-order chi connectivity index (χ1) is 13.0. The van der Waals surface area contributed by atoms with Crippen LogP contribution in [0.5, 0.6) is 5.75 Å². The molecule has 0 atom stereocenters. The van der Waals surface area contributed by atoms with Crippen molar-refractivity contribution in [1.29, 1.82) is 0 Å². The van der Waals surface area contributed by atoms with Gasteiger partial charge in [-0.3, -0.25) is 9.59 Å². The number of methoxy groups -OCH3 is 1. The molecule has 0 unspecified atom stereocenters. The summed E-state index contributed by atoms with van der Waals surface area (Å²) in [7, 11) is 3.26. The van der Waals surface area contributed by atoms with Crippen LogP contribution in [0.4, 0.5) is 0 Å². The maximum absolute atomic E-state index is 12.8. The van der Waals surface area contributed by atoms with Crippen molar-refractivity contribution in [2.24, 2.45) is 0 Å². The number of para-hydroxylation sites is 1. The first-order valence-electron chi connectivity index (χ1n) is 8.54. The summed E-state index contributed by atoms with van der Waals surface area (Å²) in [6.45, 7) is 2.15. The Balaban J connectivity index is 1.88. The van der Waals surface area contributed by atoms with Crippen LogP contribution in [0.15, 0.2) is 65.5 Å². The SMILES string of the molecule is COc1ccc(CN(C)C(=O)c2nn(-c3ccccc3)c(C)cc2=O)cc1. The molecule has 1 amide bonds. The second kappa shape index (κ2) is 7.86. The summed E-state index contributed by atoms with van der Waals surface area (Å²) in [6, 6.07) is 18.3. The Labute approximate surface area is 157 Å². The standard InChI is InChI=1S/C21H21N3O3/c1-15-13-19(25)20(22-24(15)17-7-5-4-6-8-17)21(26)23(2)14-16-9-11-18(27-3)12-10-16/h4-13H,14H2,1-3H3. The highest BCUT2D eigenvalue weighted by Gasteiger charge is 2.19. The van der Waals surface area contributed by atoms with Crippen LogP contribution in [-0.4, -0.2) is 34.7 Å². The minimum absolute atomic E-state index is 0.0968. The van der Waals surface area contributed by atoms with Gasteiger partial charge in [0.1, 0.15) is 5.75 Å². The smallest absolute Gasteiger partial charge is 0.278 e.